The Hall–Kier alpha value is -4.81. The van der Waals surface area contributed by atoms with E-state index >= 15 is 0 Å². The van der Waals surface area contributed by atoms with E-state index in [0.717, 1.165) is 30.6 Å². The second-order valence-corrected chi connectivity index (χ2v) is 11.1. The third kappa shape index (κ3) is 5.86. The van der Waals surface area contributed by atoms with Crippen LogP contribution in [0.3, 0.4) is 0 Å². The fraction of sp³-hybridized carbons (Fsp3) is 0.387. The lowest BCUT2D eigenvalue weighted by atomic mass is 10.0. The number of hydrazone groups is 1. The van der Waals surface area contributed by atoms with Gasteiger partial charge in [0.15, 0.2) is 0 Å². The lowest BCUT2D eigenvalue weighted by molar-refractivity contribution is -0.136. The third-order valence-electron chi connectivity index (χ3n) is 8.11. The van der Waals surface area contributed by atoms with Gasteiger partial charge in [-0.3, -0.25) is 34.4 Å². The molecule has 3 aromatic rings. The summed E-state index contributed by atoms with van der Waals surface area (Å²) in [4.78, 5) is 59.2. The molecule has 0 saturated carbocycles. The summed E-state index contributed by atoms with van der Waals surface area (Å²) in [6, 6.07) is 11.0. The van der Waals surface area contributed by atoms with Crippen LogP contribution in [-0.2, 0) is 9.59 Å². The van der Waals surface area contributed by atoms with Crippen molar-refractivity contribution >= 4 is 46.6 Å². The second-order valence-electron chi connectivity index (χ2n) is 11.1. The number of amides is 4. The van der Waals surface area contributed by atoms with Crippen molar-refractivity contribution in [2.45, 2.75) is 56.9 Å². The number of carbonyl (C=O) groups is 4. The summed E-state index contributed by atoms with van der Waals surface area (Å²) < 4.78 is 27.5. The maximum atomic E-state index is 13.7. The number of alkyl halides is 2. The van der Waals surface area contributed by atoms with Crippen LogP contribution in [0.5, 0.6) is 0 Å². The van der Waals surface area contributed by atoms with Crippen LogP contribution in [0.15, 0.2) is 47.6 Å². The van der Waals surface area contributed by atoms with Crippen molar-refractivity contribution < 1.29 is 28.0 Å². The summed E-state index contributed by atoms with van der Waals surface area (Å²) in [6.07, 6.45) is 2.82. The molecule has 3 aliphatic heterocycles. The fourth-order valence-corrected chi connectivity index (χ4v) is 5.85. The number of rotatable bonds is 11. The standard InChI is InChI=1S/C31H31F2N7O4/c32-28(33)27-26(36-22-7-3-4-8-23(22)37-27)18-16-35-39(17-18)14-6-2-1-5-13-34-19-9-10-20-21(15-19)31(44)40(30(20)43)24-11-12-25(41)38-29(24)42/h3-4,7-10,15-16,18,24,28,34H,1-2,5-6,11-14,17H2,(H,38,41,42). The van der Waals surface area contributed by atoms with Crippen molar-refractivity contribution in [3.63, 3.8) is 0 Å². The lowest BCUT2D eigenvalue weighted by Crippen LogP contribution is -2.54. The van der Waals surface area contributed by atoms with Gasteiger partial charge in [-0.15, -0.1) is 0 Å². The molecule has 0 spiro atoms. The number of hydrogen-bond donors (Lipinski definition) is 2. The molecule has 6 rings (SSSR count). The number of unbranched alkanes of at least 4 members (excludes halogenated alkanes) is 3. The number of para-hydroxylation sites is 2. The van der Waals surface area contributed by atoms with Gasteiger partial charge in [0.2, 0.25) is 11.8 Å². The minimum Gasteiger partial charge on any atom is -0.385 e. The molecule has 2 atom stereocenters. The van der Waals surface area contributed by atoms with Crippen LogP contribution in [0.25, 0.3) is 11.0 Å². The number of halogens is 2. The van der Waals surface area contributed by atoms with E-state index in [0.29, 0.717) is 36.4 Å². The van der Waals surface area contributed by atoms with Crippen LogP contribution in [-0.4, -0.2) is 75.4 Å². The van der Waals surface area contributed by atoms with E-state index in [2.05, 4.69) is 25.7 Å². The Balaban J connectivity index is 0.935. The average molecular weight is 604 g/mol. The summed E-state index contributed by atoms with van der Waals surface area (Å²) >= 11 is 0. The van der Waals surface area contributed by atoms with E-state index < -0.39 is 36.1 Å². The topological polar surface area (TPSA) is 137 Å². The highest BCUT2D eigenvalue weighted by Gasteiger charge is 2.44. The van der Waals surface area contributed by atoms with E-state index in [1.807, 2.05) is 5.01 Å². The number of carbonyl (C=O) groups excluding carboxylic acids is 4. The number of nitrogens with zero attached hydrogens (tertiary/aromatic N) is 5. The molecule has 1 saturated heterocycles. The number of anilines is 1. The SMILES string of the molecule is O=C1CCC(N2C(=O)c3ccc(NCCCCCCN4CC(c5nc6ccccc6nc5C(F)F)C=N4)cc3C2=O)C(=O)N1. The van der Waals surface area contributed by atoms with Gasteiger partial charge in [-0.1, -0.05) is 25.0 Å². The molecule has 2 aromatic carbocycles. The maximum Gasteiger partial charge on any atom is 0.282 e. The molecule has 4 heterocycles. The Morgan fingerprint density at radius 2 is 1.68 bits per heavy atom. The zero-order chi connectivity index (χ0) is 30.8. The lowest BCUT2D eigenvalue weighted by Gasteiger charge is -2.27. The van der Waals surface area contributed by atoms with Gasteiger partial charge in [-0.25, -0.2) is 18.7 Å². The van der Waals surface area contributed by atoms with Crippen LogP contribution >= 0.6 is 0 Å². The highest BCUT2D eigenvalue weighted by Crippen LogP contribution is 2.31. The Morgan fingerprint density at radius 1 is 0.932 bits per heavy atom. The summed E-state index contributed by atoms with van der Waals surface area (Å²) in [7, 11) is 0. The molecule has 2 unspecified atom stereocenters. The molecule has 0 radical (unpaired) electrons. The first-order chi connectivity index (χ1) is 21.3. The van der Waals surface area contributed by atoms with Crippen LogP contribution in [0.2, 0.25) is 0 Å². The van der Waals surface area contributed by atoms with Crippen molar-refractivity contribution in [3.8, 4) is 0 Å². The van der Waals surface area contributed by atoms with Crippen molar-refractivity contribution in [1.82, 2.24) is 25.2 Å². The molecule has 228 valence electrons. The first-order valence-electron chi connectivity index (χ1n) is 14.7. The summed E-state index contributed by atoms with van der Waals surface area (Å²) in [5, 5.41) is 11.8. The van der Waals surface area contributed by atoms with E-state index in [-0.39, 0.29) is 41.3 Å². The number of aromatic nitrogens is 2. The van der Waals surface area contributed by atoms with Crippen molar-refractivity contribution in [2.75, 3.05) is 25.0 Å². The Bertz CT molecular complexity index is 1660. The second kappa shape index (κ2) is 12.4. The first-order valence-corrected chi connectivity index (χ1v) is 14.7. The quantitative estimate of drug-likeness (QED) is 0.248. The molecule has 0 aliphatic carbocycles. The van der Waals surface area contributed by atoms with Gasteiger partial charge in [-0.05, 0) is 49.6 Å². The molecule has 1 fully saturated rings. The average Bonchev–Trinajstić information content (AvgIpc) is 3.58. The van der Waals surface area contributed by atoms with Gasteiger partial charge < -0.3 is 5.32 Å². The predicted octanol–water partition coefficient (Wildman–Crippen LogP) is 4.03. The van der Waals surface area contributed by atoms with Gasteiger partial charge in [0.25, 0.3) is 18.2 Å². The number of benzene rings is 2. The van der Waals surface area contributed by atoms with Crippen molar-refractivity contribution in [2.24, 2.45) is 5.10 Å². The Kier molecular flexibility index (Phi) is 8.27. The van der Waals surface area contributed by atoms with Crippen LogP contribution in [0.4, 0.5) is 14.5 Å². The number of piperidine rings is 1. The number of fused-ring (bicyclic) bond motifs is 2. The van der Waals surface area contributed by atoms with Gasteiger partial charge in [0.1, 0.15) is 11.7 Å². The minimum absolute atomic E-state index is 0.0744. The summed E-state index contributed by atoms with van der Waals surface area (Å²) in [5.41, 5.74) is 2.20. The van der Waals surface area contributed by atoms with Gasteiger partial charge >= 0.3 is 0 Å². The molecule has 2 N–H and O–H groups in total. The number of imide groups is 2. The van der Waals surface area contributed by atoms with E-state index in [1.165, 1.54) is 0 Å². The third-order valence-corrected chi connectivity index (χ3v) is 8.11. The smallest absolute Gasteiger partial charge is 0.282 e. The molecule has 3 aliphatic rings. The zero-order valence-electron chi connectivity index (χ0n) is 23.8. The molecule has 1 aromatic heterocycles. The van der Waals surface area contributed by atoms with E-state index in [9.17, 15) is 28.0 Å². The predicted molar refractivity (Wildman–Crippen MR) is 157 cm³/mol. The monoisotopic (exact) mass is 603 g/mol. The maximum absolute atomic E-state index is 13.7. The Labute approximate surface area is 251 Å². The first kappa shape index (κ1) is 29.3. The molecule has 13 heteroatoms. The van der Waals surface area contributed by atoms with Crippen LogP contribution in [0, 0.1) is 0 Å². The molecule has 11 nitrogen and oxygen atoms in total. The van der Waals surface area contributed by atoms with Crippen molar-refractivity contribution in [3.05, 3.63) is 65.0 Å². The van der Waals surface area contributed by atoms with Gasteiger partial charge in [-0.2, -0.15) is 5.10 Å². The normalized spacial score (nSPS) is 19.8. The number of hydrogen-bond acceptors (Lipinski definition) is 9. The summed E-state index contributed by atoms with van der Waals surface area (Å²) in [6.45, 7) is 1.85. The minimum atomic E-state index is -2.72. The number of nitrogens with one attached hydrogen (secondary N) is 2. The molecular formula is C31H31F2N7O4. The van der Waals surface area contributed by atoms with Crippen LogP contribution < -0.4 is 10.6 Å². The zero-order valence-corrected chi connectivity index (χ0v) is 23.8. The van der Waals surface area contributed by atoms with Gasteiger partial charge in [0, 0.05) is 38.0 Å². The van der Waals surface area contributed by atoms with E-state index in [1.54, 1.807) is 48.7 Å². The molecule has 4 amide bonds. The highest BCUT2D eigenvalue weighted by molar-refractivity contribution is 6.23. The molecule has 0 bridgehead atoms. The van der Waals surface area contributed by atoms with Gasteiger partial charge in [0.05, 0.1) is 33.8 Å². The summed E-state index contributed by atoms with van der Waals surface area (Å²) in [5.74, 6) is -2.45. The molecular weight excluding hydrogens is 572 g/mol. The van der Waals surface area contributed by atoms with Crippen molar-refractivity contribution in [1.29, 1.82) is 0 Å². The highest BCUT2D eigenvalue weighted by atomic mass is 19.3. The molecule has 44 heavy (non-hydrogen) atoms. The Morgan fingerprint density at radius 3 is 2.45 bits per heavy atom. The van der Waals surface area contributed by atoms with Crippen LogP contribution in [0.1, 0.15) is 83.0 Å². The largest absolute Gasteiger partial charge is 0.385 e. The fourth-order valence-electron chi connectivity index (χ4n) is 5.85. The van der Waals surface area contributed by atoms with E-state index in [4.69, 9.17) is 0 Å².